The second-order valence-corrected chi connectivity index (χ2v) is 7.67. The number of hydrogen-bond acceptors (Lipinski definition) is 3. The maximum Gasteiger partial charge on any atom is 0.176 e. The molecule has 0 spiro atoms. The Morgan fingerprint density at radius 3 is 1.36 bits per heavy atom. The van der Waals surface area contributed by atoms with E-state index in [1.54, 1.807) is 48.5 Å². The van der Waals surface area contributed by atoms with E-state index in [1.807, 2.05) is 0 Å². The molecule has 3 aromatic rings. The lowest BCUT2D eigenvalue weighted by molar-refractivity contribution is 1.00. The minimum atomic E-state index is 0.0942. The Hall–Kier alpha value is -1.33. The standard InChI is InChI=1S/C19H9Cl6N3/c20-12-7-3-1-5-10(12)14(22)16(24)18-26-9-27-19(28-18)17(25)15(23)11-6-2-4-8-13(11)21/h1-9H. The molecule has 1 heterocycles. The fourth-order valence-corrected chi connectivity index (χ4v) is 3.66. The predicted octanol–water partition coefficient (Wildman–Crippen LogP) is 7.79. The maximum absolute atomic E-state index is 6.38. The van der Waals surface area contributed by atoms with Gasteiger partial charge in [-0.25, -0.2) is 15.0 Å². The van der Waals surface area contributed by atoms with E-state index in [4.69, 9.17) is 69.6 Å². The first-order chi connectivity index (χ1) is 13.4. The molecule has 2 aromatic carbocycles. The molecule has 0 atom stereocenters. The SMILES string of the molecule is ClC(=C(Cl)c1ccccc1Cl)c1ncnc(C(Cl)=C(Cl)c2ccccc2Cl)n1. The van der Waals surface area contributed by atoms with Gasteiger partial charge in [0.25, 0.3) is 0 Å². The molecule has 0 aliphatic heterocycles. The van der Waals surface area contributed by atoms with Crippen LogP contribution in [0.15, 0.2) is 54.9 Å². The van der Waals surface area contributed by atoms with E-state index in [0.717, 1.165) is 0 Å². The highest BCUT2D eigenvalue weighted by atomic mass is 35.5. The van der Waals surface area contributed by atoms with Crippen molar-refractivity contribution in [1.82, 2.24) is 15.0 Å². The van der Waals surface area contributed by atoms with E-state index in [0.29, 0.717) is 21.2 Å². The normalized spacial score (nSPS) is 13.1. The first kappa shape index (κ1) is 21.4. The van der Waals surface area contributed by atoms with E-state index in [2.05, 4.69) is 15.0 Å². The predicted molar refractivity (Wildman–Crippen MR) is 120 cm³/mol. The van der Waals surface area contributed by atoms with Crippen LogP contribution in [-0.2, 0) is 0 Å². The lowest BCUT2D eigenvalue weighted by atomic mass is 10.2. The Labute approximate surface area is 191 Å². The summed E-state index contributed by atoms with van der Waals surface area (Å²) in [6.07, 6.45) is 1.26. The summed E-state index contributed by atoms with van der Waals surface area (Å²) in [5, 5.41) is 1.47. The van der Waals surface area contributed by atoms with Crippen molar-refractivity contribution in [2.45, 2.75) is 0 Å². The molecule has 0 bridgehead atoms. The molecule has 0 saturated heterocycles. The average Bonchev–Trinajstić information content (AvgIpc) is 2.72. The third-order valence-electron chi connectivity index (χ3n) is 3.57. The van der Waals surface area contributed by atoms with Gasteiger partial charge in [-0.05, 0) is 12.1 Å². The molecule has 0 saturated carbocycles. The van der Waals surface area contributed by atoms with E-state index < -0.39 is 0 Å². The molecule has 28 heavy (non-hydrogen) atoms. The van der Waals surface area contributed by atoms with Crippen LogP contribution in [0.1, 0.15) is 22.8 Å². The number of aromatic nitrogens is 3. The van der Waals surface area contributed by atoms with Gasteiger partial charge in [-0.2, -0.15) is 0 Å². The topological polar surface area (TPSA) is 38.7 Å². The Morgan fingerprint density at radius 2 is 0.964 bits per heavy atom. The van der Waals surface area contributed by atoms with Gasteiger partial charge >= 0.3 is 0 Å². The van der Waals surface area contributed by atoms with E-state index in [9.17, 15) is 0 Å². The van der Waals surface area contributed by atoms with Crippen LogP contribution in [-0.4, -0.2) is 15.0 Å². The van der Waals surface area contributed by atoms with Gasteiger partial charge in [0.1, 0.15) is 16.4 Å². The molecular formula is C19H9Cl6N3. The van der Waals surface area contributed by atoms with Crippen LogP contribution >= 0.6 is 69.6 Å². The smallest absolute Gasteiger partial charge is 0.176 e. The van der Waals surface area contributed by atoms with Gasteiger partial charge in [0.2, 0.25) is 0 Å². The summed E-state index contributed by atoms with van der Waals surface area (Å²) in [6, 6.07) is 14.0. The number of halogens is 6. The van der Waals surface area contributed by atoms with Crippen LogP contribution in [0.25, 0.3) is 20.1 Å². The van der Waals surface area contributed by atoms with Crippen LogP contribution in [0, 0.1) is 0 Å². The fraction of sp³-hybridized carbons (Fsp3) is 0. The molecule has 0 aliphatic rings. The highest BCUT2D eigenvalue weighted by Gasteiger charge is 2.17. The summed E-state index contributed by atoms with van der Waals surface area (Å²) >= 11 is 37.9. The molecule has 0 fully saturated rings. The first-order valence-corrected chi connectivity index (χ1v) is 9.97. The zero-order chi connectivity index (χ0) is 20.3. The number of hydrogen-bond donors (Lipinski definition) is 0. The molecule has 0 unspecified atom stereocenters. The van der Waals surface area contributed by atoms with Gasteiger partial charge in [0.15, 0.2) is 11.6 Å². The molecule has 3 nitrogen and oxygen atoms in total. The summed E-state index contributed by atoms with van der Waals surface area (Å²) in [4.78, 5) is 12.4. The van der Waals surface area contributed by atoms with Gasteiger partial charge in [-0.15, -0.1) is 0 Å². The van der Waals surface area contributed by atoms with Gasteiger partial charge < -0.3 is 0 Å². The van der Waals surface area contributed by atoms with Crippen molar-refractivity contribution in [2.75, 3.05) is 0 Å². The molecular weight excluding hydrogens is 483 g/mol. The zero-order valence-electron chi connectivity index (χ0n) is 13.8. The number of nitrogens with zero attached hydrogens (tertiary/aromatic N) is 3. The highest BCUT2D eigenvalue weighted by molar-refractivity contribution is 6.66. The molecule has 9 heteroatoms. The Kier molecular flexibility index (Phi) is 7.21. The van der Waals surface area contributed by atoms with Crippen molar-refractivity contribution in [3.8, 4) is 0 Å². The van der Waals surface area contributed by atoms with Gasteiger partial charge in [0.05, 0.1) is 10.1 Å². The average molecular weight is 492 g/mol. The van der Waals surface area contributed by atoms with E-state index in [-0.39, 0.29) is 31.8 Å². The maximum atomic E-state index is 6.38. The lowest BCUT2D eigenvalue weighted by Gasteiger charge is -2.08. The van der Waals surface area contributed by atoms with Crippen molar-refractivity contribution >= 4 is 89.7 Å². The van der Waals surface area contributed by atoms with Crippen molar-refractivity contribution in [2.24, 2.45) is 0 Å². The van der Waals surface area contributed by atoms with Crippen molar-refractivity contribution in [3.63, 3.8) is 0 Å². The van der Waals surface area contributed by atoms with Gasteiger partial charge in [-0.1, -0.05) is 106 Å². The van der Waals surface area contributed by atoms with Crippen LogP contribution in [0.4, 0.5) is 0 Å². The van der Waals surface area contributed by atoms with E-state index in [1.165, 1.54) is 6.33 Å². The minimum Gasteiger partial charge on any atom is -0.215 e. The summed E-state index contributed by atoms with van der Waals surface area (Å²) in [5.74, 6) is 0.247. The molecule has 0 amide bonds. The molecule has 0 radical (unpaired) electrons. The van der Waals surface area contributed by atoms with Crippen LogP contribution in [0.2, 0.25) is 10.0 Å². The largest absolute Gasteiger partial charge is 0.215 e. The quantitative estimate of drug-likeness (QED) is 0.374. The monoisotopic (exact) mass is 489 g/mol. The van der Waals surface area contributed by atoms with Gasteiger partial charge in [0, 0.05) is 21.2 Å². The molecule has 1 aromatic heterocycles. The summed E-state index contributed by atoms with van der Waals surface area (Å²) < 4.78 is 0. The van der Waals surface area contributed by atoms with Crippen LogP contribution in [0.3, 0.4) is 0 Å². The zero-order valence-corrected chi connectivity index (χ0v) is 18.3. The lowest BCUT2D eigenvalue weighted by Crippen LogP contribution is -1.99. The van der Waals surface area contributed by atoms with Crippen LogP contribution < -0.4 is 0 Å². The molecule has 0 N–H and O–H groups in total. The molecule has 0 aliphatic carbocycles. The van der Waals surface area contributed by atoms with Gasteiger partial charge in [-0.3, -0.25) is 0 Å². The van der Waals surface area contributed by atoms with Crippen molar-refractivity contribution in [1.29, 1.82) is 0 Å². The summed E-state index contributed by atoms with van der Waals surface area (Å²) in [5.41, 5.74) is 1.10. The number of rotatable bonds is 4. The number of benzene rings is 2. The van der Waals surface area contributed by atoms with Crippen molar-refractivity contribution in [3.05, 3.63) is 87.7 Å². The second kappa shape index (κ2) is 9.45. The molecule has 142 valence electrons. The second-order valence-electron chi connectivity index (χ2n) is 5.35. The van der Waals surface area contributed by atoms with Crippen molar-refractivity contribution < 1.29 is 0 Å². The first-order valence-electron chi connectivity index (χ1n) is 7.70. The third-order valence-corrected chi connectivity index (χ3v) is 5.92. The Bertz CT molecular complexity index is 1010. The summed E-state index contributed by atoms with van der Waals surface area (Å²) in [7, 11) is 0. The van der Waals surface area contributed by atoms with Crippen LogP contribution in [0.5, 0.6) is 0 Å². The van der Waals surface area contributed by atoms with E-state index >= 15 is 0 Å². The Balaban J connectivity index is 2.05. The molecule has 3 rings (SSSR count). The fourth-order valence-electron chi connectivity index (χ4n) is 2.22. The highest BCUT2D eigenvalue weighted by Crippen LogP contribution is 2.37. The summed E-state index contributed by atoms with van der Waals surface area (Å²) in [6.45, 7) is 0. The minimum absolute atomic E-state index is 0.0942. The Morgan fingerprint density at radius 1 is 0.571 bits per heavy atom. The third kappa shape index (κ3) is 4.62.